The molecule has 0 amide bonds. The van der Waals surface area contributed by atoms with Crippen LogP contribution in [0.4, 0.5) is 10.1 Å². The lowest BCUT2D eigenvalue weighted by Gasteiger charge is -2.09. The van der Waals surface area contributed by atoms with E-state index in [1.807, 2.05) is 0 Å². The van der Waals surface area contributed by atoms with E-state index in [0.717, 1.165) is 0 Å². The van der Waals surface area contributed by atoms with Crippen LogP contribution in [0.5, 0.6) is 0 Å². The van der Waals surface area contributed by atoms with Crippen LogP contribution in [0.15, 0.2) is 23.1 Å². The number of anilines is 1. The van der Waals surface area contributed by atoms with Crippen molar-refractivity contribution in [2.75, 3.05) is 18.6 Å². The maximum absolute atomic E-state index is 13.0. The molecular weight excluding hydrogens is 217 g/mol. The quantitative estimate of drug-likeness (QED) is 0.800. The predicted molar refractivity (Wildman–Crippen MR) is 58.6 cm³/mol. The zero-order chi connectivity index (χ0) is 11.4. The molecule has 0 fully saturated rings. The number of hydrogen-bond donors (Lipinski definition) is 1. The van der Waals surface area contributed by atoms with Crippen molar-refractivity contribution in [3.05, 3.63) is 24.0 Å². The molecule has 0 aliphatic heterocycles. The monoisotopic (exact) mass is 231 g/mol. The van der Waals surface area contributed by atoms with E-state index >= 15 is 0 Å². The van der Waals surface area contributed by atoms with Crippen LogP contribution in [0.2, 0.25) is 0 Å². The third-order valence-corrected chi connectivity index (χ3v) is 3.48. The van der Waals surface area contributed by atoms with Gasteiger partial charge in [-0.15, -0.1) is 0 Å². The second-order valence-electron chi connectivity index (χ2n) is 3.28. The summed E-state index contributed by atoms with van der Waals surface area (Å²) in [6.45, 7) is 1.81. The zero-order valence-electron chi connectivity index (χ0n) is 8.70. The summed E-state index contributed by atoms with van der Waals surface area (Å²) in [6, 6.07) is 3.94. The Morgan fingerprint density at radius 3 is 2.73 bits per heavy atom. The Labute approximate surface area is 90.9 Å². The van der Waals surface area contributed by atoms with Gasteiger partial charge in [0.2, 0.25) is 0 Å². The van der Waals surface area contributed by atoms with Gasteiger partial charge in [0.25, 0.3) is 0 Å². The average molecular weight is 231 g/mol. The fourth-order valence-electron chi connectivity index (χ4n) is 1.09. The first kappa shape index (κ1) is 12.1. The smallest absolute Gasteiger partial charge is 0.126 e. The lowest BCUT2D eigenvalue weighted by Crippen LogP contribution is -2.15. The van der Waals surface area contributed by atoms with Gasteiger partial charge in [-0.25, -0.2) is 4.39 Å². The van der Waals surface area contributed by atoms with Crippen LogP contribution in [0, 0.1) is 5.82 Å². The summed E-state index contributed by atoms with van der Waals surface area (Å²) in [5.74, 6) is -0.136. The topological polar surface area (TPSA) is 52.3 Å². The van der Waals surface area contributed by atoms with Crippen molar-refractivity contribution < 1.29 is 13.3 Å². The second kappa shape index (κ2) is 5.23. The lowest BCUT2D eigenvalue weighted by molar-refractivity contribution is 0.137. The van der Waals surface area contributed by atoms with Gasteiger partial charge in [-0.3, -0.25) is 4.21 Å². The van der Waals surface area contributed by atoms with E-state index in [1.54, 1.807) is 14.0 Å². The van der Waals surface area contributed by atoms with Crippen LogP contribution in [-0.2, 0) is 15.5 Å². The van der Waals surface area contributed by atoms with Gasteiger partial charge in [-0.1, -0.05) is 0 Å². The highest BCUT2D eigenvalue weighted by atomic mass is 32.2. The molecule has 0 aliphatic rings. The molecule has 1 rings (SSSR count). The SMILES string of the molecule is COC(C)CS(=O)c1cc(N)cc(F)c1. The molecular formula is C10H14FNO2S. The molecule has 0 saturated heterocycles. The van der Waals surface area contributed by atoms with Crippen molar-refractivity contribution in [2.24, 2.45) is 0 Å². The van der Waals surface area contributed by atoms with E-state index in [2.05, 4.69) is 0 Å². The summed E-state index contributed by atoms with van der Waals surface area (Å²) in [7, 11) is 0.265. The third-order valence-electron chi connectivity index (χ3n) is 1.94. The molecule has 2 atom stereocenters. The Morgan fingerprint density at radius 2 is 2.20 bits per heavy atom. The minimum absolute atomic E-state index is 0.129. The molecule has 0 spiro atoms. The summed E-state index contributed by atoms with van der Waals surface area (Å²) in [5.41, 5.74) is 5.74. The van der Waals surface area contributed by atoms with E-state index in [0.29, 0.717) is 10.6 Å². The Bertz CT molecular complexity index is 350. The molecule has 1 aromatic carbocycles. The number of rotatable bonds is 4. The van der Waals surface area contributed by atoms with Crippen LogP contribution in [0.25, 0.3) is 0 Å². The van der Waals surface area contributed by atoms with Crippen molar-refractivity contribution in [1.29, 1.82) is 0 Å². The molecule has 2 unspecified atom stereocenters. The number of nitrogen functional groups attached to an aromatic ring is 1. The number of methoxy groups -OCH3 is 1. The van der Waals surface area contributed by atoms with Gasteiger partial charge in [0.1, 0.15) is 5.82 Å². The molecule has 84 valence electrons. The van der Waals surface area contributed by atoms with Crippen molar-refractivity contribution in [1.82, 2.24) is 0 Å². The van der Waals surface area contributed by atoms with Gasteiger partial charge in [0.15, 0.2) is 0 Å². The van der Waals surface area contributed by atoms with Crippen LogP contribution < -0.4 is 5.73 Å². The number of benzene rings is 1. The van der Waals surface area contributed by atoms with Crippen molar-refractivity contribution >= 4 is 16.5 Å². The first-order valence-electron chi connectivity index (χ1n) is 4.50. The summed E-state index contributed by atoms with van der Waals surface area (Å²) >= 11 is 0. The summed E-state index contributed by atoms with van der Waals surface area (Å²) in [5, 5.41) is 0. The van der Waals surface area contributed by atoms with E-state index in [9.17, 15) is 8.60 Å². The number of ether oxygens (including phenoxy) is 1. The zero-order valence-corrected chi connectivity index (χ0v) is 9.51. The van der Waals surface area contributed by atoms with Crippen LogP contribution >= 0.6 is 0 Å². The molecule has 0 aromatic heterocycles. The molecule has 0 heterocycles. The van der Waals surface area contributed by atoms with Gasteiger partial charge in [0.05, 0.1) is 22.7 Å². The Kier molecular flexibility index (Phi) is 4.23. The van der Waals surface area contributed by atoms with E-state index < -0.39 is 16.6 Å². The number of nitrogens with two attached hydrogens (primary N) is 1. The Morgan fingerprint density at radius 1 is 1.53 bits per heavy atom. The lowest BCUT2D eigenvalue weighted by atomic mass is 10.3. The maximum Gasteiger partial charge on any atom is 0.126 e. The molecule has 0 bridgehead atoms. The van der Waals surface area contributed by atoms with Crippen LogP contribution in [0.1, 0.15) is 6.92 Å². The fraction of sp³-hybridized carbons (Fsp3) is 0.400. The van der Waals surface area contributed by atoms with Crippen molar-refractivity contribution in [3.8, 4) is 0 Å². The largest absolute Gasteiger partial charge is 0.399 e. The number of halogens is 1. The van der Waals surface area contributed by atoms with Gasteiger partial charge in [0, 0.05) is 17.7 Å². The van der Waals surface area contributed by atoms with Gasteiger partial charge in [-0.2, -0.15) is 0 Å². The summed E-state index contributed by atoms with van der Waals surface area (Å²) in [4.78, 5) is 0.399. The Hall–Kier alpha value is -0.940. The van der Waals surface area contributed by atoms with Crippen molar-refractivity contribution in [2.45, 2.75) is 17.9 Å². The van der Waals surface area contributed by atoms with Crippen LogP contribution in [-0.4, -0.2) is 23.2 Å². The summed E-state index contributed by atoms with van der Waals surface area (Å²) in [6.07, 6.45) is -0.129. The molecule has 0 saturated carbocycles. The van der Waals surface area contributed by atoms with E-state index in [1.165, 1.54) is 18.2 Å². The maximum atomic E-state index is 13.0. The van der Waals surface area contributed by atoms with Crippen molar-refractivity contribution in [3.63, 3.8) is 0 Å². The first-order chi connectivity index (χ1) is 7.02. The molecule has 3 nitrogen and oxygen atoms in total. The molecule has 15 heavy (non-hydrogen) atoms. The highest BCUT2D eigenvalue weighted by molar-refractivity contribution is 7.85. The molecule has 2 N–H and O–H groups in total. The molecule has 1 aromatic rings. The first-order valence-corrected chi connectivity index (χ1v) is 5.82. The van der Waals surface area contributed by atoms with E-state index in [-0.39, 0.29) is 11.8 Å². The average Bonchev–Trinajstić information content (AvgIpc) is 2.16. The summed E-state index contributed by atoms with van der Waals surface area (Å²) < 4.78 is 29.7. The molecule has 0 radical (unpaired) electrons. The van der Waals surface area contributed by atoms with Gasteiger partial charge in [-0.05, 0) is 25.1 Å². The standard InChI is InChI=1S/C10H14FNO2S/c1-7(14-2)6-15(13)10-4-8(11)3-9(12)5-10/h3-5,7H,6,12H2,1-2H3. The fourth-order valence-corrected chi connectivity index (χ4v) is 2.36. The minimum Gasteiger partial charge on any atom is -0.399 e. The highest BCUT2D eigenvalue weighted by Crippen LogP contribution is 2.15. The highest BCUT2D eigenvalue weighted by Gasteiger charge is 2.10. The number of hydrogen-bond acceptors (Lipinski definition) is 3. The van der Waals surface area contributed by atoms with Gasteiger partial charge >= 0.3 is 0 Å². The third kappa shape index (κ3) is 3.60. The van der Waals surface area contributed by atoms with Gasteiger partial charge < -0.3 is 10.5 Å². The molecule has 0 aliphatic carbocycles. The Balaban J connectivity index is 2.82. The van der Waals surface area contributed by atoms with E-state index in [4.69, 9.17) is 10.5 Å². The predicted octanol–water partition coefficient (Wildman–Crippen LogP) is 1.55. The minimum atomic E-state index is -1.28. The normalized spacial score (nSPS) is 14.9. The van der Waals surface area contributed by atoms with Crippen LogP contribution in [0.3, 0.4) is 0 Å². The second-order valence-corrected chi connectivity index (χ2v) is 4.77. The molecule has 5 heteroatoms.